The fourth-order valence-corrected chi connectivity index (χ4v) is 1.97. The monoisotopic (exact) mass is 251 g/mol. The lowest BCUT2D eigenvalue weighted by atomic mass is 10.2. The minimum absolute atomic E-state index is 0.276. The fourth-order valence-electron chi connectivity index (χ4n) is 1.97. The van der Waals surface area contributed by atoms with Crippen LogP contribution in [0.5, 0.6) is 5.75 Å². The van der Waals surface area contributed by atoms with E-state index in [1.807, 2.05) is 29.9 Å². The Morgan fingerprint density at radius 1 is 1.50 bits per heavy atom. The Labute approximate surface area is 106 Å². The summed E-state index contributed by atoms with van der Waals surface area (Å²) in [5.41, 5.74) is 2.91. The first-order valence-corrected chi connectivity index (χ1v) is 5.93. The summed E-state index contributed by atoms with van der Waals surface area (Å²) in [7, 11) is 0. The van der Waals surface area contributed by atoms with Crippen molar-refractivity contribution in [2.75, 3.05) is 24.6 Å². The van der Waals surface area contributed by atoms with Crippen molar-refractivity contribution >= 4 is 11.7 Å². The van der Waals surface area contributed by atoms with Gasteiger partial charge in [0.25, 0.3) is 0 Å². The number of anilines is 1. The van der Waals surface area contributed by atoms with E-state index in [4.69, 9.17) is 10.6 Å². The molecule has 6 nitrogen and oxygen atoms in total. The highest BCUT2D eigenvalue weighted by atomic mass is 16.7. The lowest BCUT2D eigenvalue weighted by molar-refractivity contribution is -0.151. The van der Waals surface area contributed by atoms with Gasteiger partial charge in [-0.1, -0.05) is 17.7 Å². The van der Waals surface area contributed by atoms with Gasteiger partial charge in [0.2, 0.25) is 0 Å². The summed E-state index contributed by atoms with van der Waals surface area (Å²) in [5.74, 6) is 5.40. The molecule has 1 heterocycles. The van der Waals surface area contributed by atoms with Gasteiger partial charge in [0, 0.05) is 13.1 Å². The van der Waals surface area contributed by atoms with E-state index in [1.54, 1.807) is 0 Å². The third-order valence-corrected chi connectivity index (χ3v) is 2.79. The highest BCUT2D eigenvalue weighted by molar-refractivity contribution is 5.70. The molecule has 1 aromatic carbocycles. The predicted molar refractivity (Wildman–Crippen MR) is 66.8 cm³/mol. The van der Waals surface area contributed by atoms with Gasteiger partial charge in [-0.3, -0.25) is 4.79 Å². The van der Waals surface area contributed by atoms with Crippen molar-refractivity contribution in [3.63, 3.8) is 0 Å². The average Bonchev–Trinajstić information content (AvgIpc) is 2.59. The van der Waals surface area contributed by atoms with Gasteiger partial charge < -0.3 is 14.5 Å². The molecule has 2 rings (SSSR count). The van der Waals surface area contributed by atoms with E-state index < -0.39 is 0 Å². The summed E-state index contributed by atoms with van der Waals surface area (Å²) in [4.78, 5) is 17.9. The first kappa shape index (κ1) is 12.7. The Morgan fingerprint density at radius 3 is 3.17 bits per heavy atom. The zero-order valence-corrected chi connectivity index (χ0v) is 10.1. The zero-order valence-electron chi connectivity index (χ0n) is 10.1. The molecule has 1 aliphatic rings. The van der Waals surface area contributed by atoms with Crippen molar-refractivity contribution < 1.29 is 14.4 Å². The molecule has 0 spiro atoms. The second-order valence-corrected chi connectivity index (χ2v) is 4.00. The summed E-state index contributed by atoms with van der Waals surface area (Å²) in [6, 6.07) is 7.83. The van der Waals surface area contributed by atoms with Crippen LogP contribution in [0.3, 0.4) is 0 Å². The molecular weight excluding hydrogens is 234 g/mol. The minimum atomic E-state index is -0.375. The molecule has 98 valence electrons. The van der Waals surface area contributed by atoms with Crippen LogP contribution in [0.2, 0.25) is 0 Å². The average molecular weight is 251 g/mol. The largest absolute Gasteiger partial charge is 0.491 e. The van der Waals surface area contributed by atoms with Crippen LogP contribution < -0.4 is 21.1 Å². The molecule has 0 radical (unpaired) electrons. The molecule has 0 atom stereocenters. The Morgan fingerprint density at radius 2 is 2.33 bits per heavy atom. The summed E-state index contributed by atoms with van der Waals surface area (Å²) in [5, 5.41) is 0. The third kappa shape index (κ3) is 3.12. The number of nitrogens with one attached hydrogen (secondary N) is 1. The number of nitrogens with two attached hydrogens (primary N) is 1. The number of nitrogens with zero attached hydrogens (tertiary/aromatic N) is 1. The number of hydrazine groups is 1. The Balaban J connectivity index is 2.02. The number of carbonyl (C=O) groups is 1. The van der Waals surface area contributed by atoms with E-state index in [2.05, 4.69) is 9.74 Å². The number of hydrogen-bond donors (Lipinski definition) is 2. The second-order valence-electron chi connectivity index (χ2n) is 4.00. The minimum Gasteiger partial charge on any atom is -0.491 e. The van der Waals surface area contributed by atoms with Gasteiger partial charge in [-0.2, -0.15) is 0 Å². The van der Waals surface area contributed by atoms with E-state index in [0.29, 0.717) is 13.2 Å². The Kier molecular flexibility index (Phi) is 4.38. The maximum absolute atomic E-state index is 11.3. The maximum Gasteiger partial charge on any atom is 0.328 e. The van der Waals surface area contributed by atoms with Crippen LogP contribution in [-0.2, 0) is 9.63 Å². The maximum atomic E-state index is 11.3. The van der Waals surface area contributed by atoms with Crippen molar-refractivity contribution in [3.05, 3.63) is 24.3 Å². The molecule has 0 amide bonds. The van der Waals surface area contributed by atoms with Crippen LogP contribution >= 0.6 is 0 Å². The van der Waals surface area contributed by atoms with Crippen molar-refractivity contribution in [3.8, 4) is 5.75 Å². The SMILES string of the molecule is NNOC(=O)CCN1CCCOc2ccccc21. The van der Waals surface area contributed by atoms with Gasteiger partial charge in [-0.25, -0.2) is 5.84 Å². The zero-order chi connectivity index (χ0) is 12.8. The van der Waals surface area contributed by atoms with Crippen molar-refractivity contribution in [1.82, 2.24) is 5.59 Å². The van der Waals surface area contributed by atoms with Crippen LogP contribution in [0.15, 0.2) is 24.3 Å². The van der Waals surface area contributed by atoms with E-state index in [-0.39, 0.29) is 12.4 Å². The Bertz CT molecular complexity index is 411. The van der Waals surface area contributed by atoms with Gasteiger partial charge in [-0.05, 0) is 18.6 Å². The quantitative estimate of drug-likeness (QED) is 0.602. The van der Waals surface area contributed by atoms with Crippen molar-refractivity contribution in [2.24, 2.45) is 5.84 Å². The smallest absolute Gasteiger partial charge is 0.328 e. The van der Waals surface area contributed by atoms with E-state index in [1.165, 1.54) is 0 Å². The highest BCUT2D eigenvalue weighted by Crippen LogP contribution is 2.30. The molecular formula is C12H17N3O3. The normalized spacial score (nSPS) is 14.4. The van der Waals surface area contributed by atoms with E-state index in [0.717, 1.165) is 24.4 Å². The molecule has 3 N–H and O–H groups in total. The molecule has 0 aromatic heterocycles. The first-order chi connectivity index (χ1) is 8.81. The lowest BCUT2D eigenvalue weighted by Gasteiger charge is -2.23. The number of rotatable bonds is 4. The molecule has 0 bridgehead atoms. The van der Waals surface area contributed by atoms with Gasteiger partial charge in [-0.15, -0.1) is 0 Å². The first-order valence-electron chi connectivity index (χ1n) is 5.93. The Hall–Kier alpha value is -1.79. The van der Waals surface area contributed by atoms with Gasteiger partial charge in [0.05, 0.1) is 18.7 Å². The number of carbonyl (C=O) groups excluding carboxylic acids is 1. The van der Waals surface area contributed by atoms with Crippen LogP contribution in [0.1, 0.15) is 12.8 Å². The number of benzene rings is 1. The highest BCUT2D eigenvalue weighted by Gasteiger charge is 2.16. The summed E-state index contributed by atoms with van der Waals surface area (Å²) in [6.45, 7) is 2.14. The summed E-state index contributed by atoms with van der Waals surface area (Å²) < 4.78 is 5.64. The molecule has 6 heteroatoms. The number of fused-ring (bicyclic) bond motifs is 1. The van der Waals surface area contributed by atoms with E-state index >= 15 is 0 Å². The molecule has 0 unspecified atom stereocenters. The lowest BCUT2D eigenvalue weighted by Crippen LogP contribution is -2.31. The molecule has 1 aliphatic heterocycles. The topological polar surface area (TPSA) is 76.8 Å². The van der Waals surface area contributed by atoms with Gasteiger partial charge in [0.15, 0.2) is 0 Å². The van der Waals surface area contributed by atoms with Gasteiger partial charge in [0.1, 0.15) is 5.75 Å². The predicted octanol–water partition coefficient (Wildman–Crippen LogP) is 0.587. The van der Waals surface area contributed by atoms with Gasteiger partial charge >= 0.3 is 5.97 Å². The summed E-state index contributed by atoms with van der Waals surface area (Å²) >= 11 is 0. The molecule has 1 aromatic rings. The third-order valence-electron chi connectivity index (χ3n) is 2.79. The second kappa shape index (κ2) is 6.23. The molecule has 18 heavy (non-hydrogen) atoms. The molecule has 0 saturated carbocycles. The fraction of sp³-hybridized carbons (Fsp3) is 0.417. The molecule has 0 saturated heterocycles. The van der Waals surface area contributed by atoms with Crippen LogP contribution in [0, 0.1) is 0 Å². The van der Waals surface area contributed by atoms with Crippen LogP contribution in [-0.4, -0.2) is 25.7 Å². The van der Waals surface area contributed by atoms with Crippen molar-refractivity contribution in [1.29, 1.82) is 0 Å². The van der Waals surface area contributed by atoms with Crippen molar-refractivity contribution in [2.45, 2.75) is 12.8 Å². The number of ether oxygens (including phenoxy) is 1. The van der Waals surface area contributed by atoms with E-state index in [9.17, 15) is 4.79 Å². The molecule has 0 aliphatic carbocycles. The number of para-hydroxylation sites is 2. The van der Waals surface area contributed by atoms with Crippen LogP contribution in [0.25, 0.3) is 0 Å². The standard InChI is InChI=1S/C12H17N3O3/c13-14-18-12(16)6-8-15-7-3-9-17-11-5-2-1-4-10(11)15/h1-2,4-5,14H,3,6-9,13H2. The number of hydrogen-bond acceptors (Lipinski definition) is 6. The summed E-state index contributed by atoms with van der Waals surface area (Å²) in [6.07, 6.45) is 1.21. The molecule has 0 fully saturated rings. The van der Waals surface area contributed by atoms with Crippen LogP contribution in [0.4, 0.5) is 5.69 Å².